The van der Waals surface area contributed by atoms with Crippen molar-refractivity contribution in [3.05, 3.63) is 36.3 Å². The molecule has 3 aromatic rings. The Labute approximate surface area is 226 Å². The van der Waals surface area contributed by atoms with Gasteiger partial charge in [0.1, 0.15) is 22.8 Å². The van der Waals surface area contributed by atoms with Gasteiger partial charge in [0, 0.05) is 62.3 Å². The lowest BCUT2D eigenvalue weighted by Crippen LogP contribution is -2.33. The third-order valence-corrected chi connectivity index (χ3v) is 6.70. The van der Waals surface area contributed by atoms with Gasteiger partial charge in [-0.3, -0.25) is 9.36 Å². The third kappa shape index (κ3) is 5.75. The molecule has 1 unspecified atom stereocenters. The smallest absolute Gasteiger partial charge is 0.419 e. The van der Waals surface area contributed by atoms with E-state index in [0.717, 1.165) is 0 Å². The van der Waals surface area contributed by atoms with Crippen LogP contribution in [0.1, 0.15) is 39.8 Å². The molecule has 39 heavy (non-hydrogen) atoms. The summed E-state index contributed by atoms with van der Waals surface area (Å²) in [4.78, 5) is 34.3. The van der Waals surface area contributed by atoms with Gasteiger partial charge in [-0.25, -0.2) is 14.8 Å². The van der Waals surface area contributed by atoms with Crippen molar-refractivity contribution in [1.29, 1.82) is 0 Å². The zero-order valence-corrected chi connectivity index (χ0v) is 22.9. The first-order valence-electron chi connectivity index (χ1n) is 13.0. The maximum absolute atomic E-state index is 13.2. The first-order chi connectivity index (χ1) is 18.6. The van der Waals surface area contributed by atoms with Gasteiger partial charge in [-0.05, 0) is 26.8 Å². The molecule has 3 aromatic heterocycles. The van der Waals surface area contributed by atoms with Crippen LogP contribution in [0.2, 0.25) is 0 Å². The largest absolute Gasteiger partial charge is 0.493 e. The van der Waals surface area contributed by atoms with E-state index in [1.807, 2.05) is 12.1 Å². The Morgan fingerprint density at radius 2 is 2.00 bits per heavy atom. The highest BCUT2D eigenvalue weighted by Crippen LogP contribution is 2.38. The summed E-state index contributed by atoms with van der Waals surface area (Å²) in [5.41, 5.74) is 0.987. The van der Waals surface area contributed by atoms with Crippen molar-refractivity contribution >= 4 is 28.7 Å². The molecule has 0 saturated carbocycles. The molecular weight excluding hydrogens is 504 g/mol. The summed E-state index contributed by atoms with van der Waals surface area (Å²) in [5.74, 6) is 1.05. The second kappa shape index (κ2) is 10.6. The predicted octanol–water partition coefficient (Wildman–Crippen LogP) is 4.13. The number of hydrogen-bond acceptors (Lipinski definition) is 9. The quantitative estimate of drug-likeness (QED) is 0.473. The van der Waals surface area contributed by atoms with E-state index in [2.05, 4.69) is 10.3 Å². The standard InChI is InChI=1S/C28H34N4O7/c1-17(33)30-25-10-20-21(12-32(23(20)11-29-25)26(34)39-27(2,3)4)22-8-19(38-15-18-13-37-14-18)9-24(31-22)28(35-5)6-7-36-16-28/h8-12,18H,6-7,13-16H2,1-5H3,(H,29,30,33). The summed E-state index contributed by atoms with van der Waals surface area (Å²) in [7, 11) is 1.65. The molecule has 208 valence electrons. The Kier molecular flexibility index (Phi) is 7.32. The number of amides is 1. The van der Waals surface area contributed by atoms with Crippen LogP contribution in [0.4, 0.5) is 10.6 Å². The number of rotatable bonds is 7. The fourth-order valence-corrected chi connectivity index (χ4v) is 4.61. The average Bonchev–Trinajstić information content (AvgIpc) is 3.47. The molecule has 5 rings (SSSR count). The summed E-state index contributed by atoms with van der Waals surface area (Å²) in [5, 5.41) is 3.38. The van der Waals surface area contributed by atoms with Gasteiger partial charge in [-0.15, -0.1) is 0 Å². The van der Waals surface area contributed by atoms with E-state index >= 15 is 0 Å². The number of fused-ring (bicyclic) bond motifs is 1. The molecule has 0 spiro atoms. The summed E-state index contributed by atoms with van der Waals surface area (Å²) in [6.07, 6.45) is 3.31. The molecule has 0 radical (unpaired) electrons. The van der Waals surface area contributed by atoms with Crippen molar-refractivity contribution in [2.75, 3.05) is 45.5 Å². The molecule has 11 heteroatoms. The molecule has 2 aliphatic heterocycles. The molecule has 1 atom stereocenters. The predicted molar refractivity (Wildman–Crippen MR) is 143 cm³/mol. The lowest BCUT2D eigenvalue weighted by atomic mass is 9.96. The first-order valence-corrected chi connectivity index (χ1v) is 13.0. The molecule has 2 fully saturated rings. The van der Waals surface area contributed by atoms with Crippen molar-refractivity contribution < 1.29 is 33.3 Å². The minimum Gasteiger partial charge on any atom is -0.493 e. The van der Waals surface area contributed by atoms with Crippen molar-refractivity contribution in [3.8, 4) is 17.0 Å². The minimum absolute atomic E-state index is 0.256. The fourth-order valence-electron chi connectivity index (χ4n) is 4.61. The molecule has 11 nitrogen and oxygen atoms in total. The third-order valence-electron chi connectivity index (χ3n) is 6.70. The van der Waals surface area contributed by atoms with Crippen molar-refractivity contribution in [2.45, 2.75) is 45.3 Å². The van der Waals surface area contributed by atoms with Gasteiger partial charge in [0.05, 0.1) is 49.5 Å². The van der Waals surface area contributed by atoms with Gasteiger partial charge in [0.15, 0.2) is 0 Å². The highest BCUT2D eigenvalue weighted by atomic mass is 16.6. The van der Waals surface area contributed by atoms with Gasteiger partial charge >= 0.3 is 6.09 Å². The number of nitrogens with zero attached hydrogens (tertiary/aromatic N) is 3. The summed E-state index contributed by atoms with van der Waals surface area (Å²) >= 11 is 0. The van der Waals surface area contributed by atoms with Crippen LogP contribution in [0, 0.1) is 5.92 Å². The Morgan fingerprint density at radius 1 is 1.21 bits per heavy atom. The van der Waals surface area contributed by atoms with E-state index < -0.39 is 17.3 Å². The van der Waals surface area contributed by atoms with Crippen molar-refractivity contribution in [1.82, 2.24) is 14.5 Å². The zero-order chi connectivity index (χ0) is 27.8. The topological polar surface area (TPSA) is 123 Å². The van der Waals surface area contributed by atoms with Crippen LogP contribution in [0.15, 0.2) is 30.6 Å². The first kappa shape index (κ1) is 27.0. The highest BCUT2D eigenvalue weighted by molar-refractivity contribution is 6.02. The molecule has 0 aromatic carbocycles. The zero-order valence-electron chi connectivity index (χ0n) is 22.9. The van der Waals surface area contributed by atoms with Crippen LogP contribution in [0.25, 0.3) is 22.2 Å². The number of hydrogen-bond donors (Lipinski definition) is 1. The maximum Gasteiger partial charge on any atom is 0.419 e. The van der Waals surface area contributed by atoms with Crippen LogP contribution in [-0.2, 0) is 29.3 Å². The normalized spacial score (nSPS) is 19.6. The summed E-state index contributed by atoms with van der Waals surface area (Å²) in [6.45, 7) is 9.60. The van der Waals surface area contributed by atoms with E-state index in [-0.39, 0.29) is 5.91 Å². The van der Waals surface area contributed by atoms with Crippen LogP contribution < -0.4 is 10.1 Å². The molecule has 2 aliphatic rings. The number of ether oxygens (including phenoxy) is 5. The Bertz CT molecular complexity index is 1380. The van der Waals surface area contributed by atoms with Gasteiger partial charge < -0.3 is 29.0 Å². The second-order valence-corrected chi connectivity index (χ2v) is 10.9. The Balaban J connectivity index is 1.65. The van der Waals surface area contributed by atoms with E-state index in [4.69, 9.17) is 28.7 Å². The number of carbonyl (C=O) groups excluding carboxylic acids is 2. The maximum atomic E-state index is 13.2. The molecule has 0 aliphatic carbocycles. The number of aromatic nitrogens is 3. The van der Waals surface area contributed by atoms with Gasteiger partial charge in [-0.2, -0.15) is 0 Å². The van der Waals surface area contributed by atoms with E-state index in [9.17, 15) is 9.59 Å². The van der Waals surface area contributed by atoms with E-state index in [0.29, 0.717) is 84.8 Å². The van der Waals surface area contributed by atoms with Gasteiger partial charge in [0.25, 0.3) is 0 Å². The van der Waals surface area contributed by atoms with Crippen LogP contribution >= 0.6 is 0 Å². The highest BCUT2D eigenvalue weighted by Gasteiger charge is 2.39. The lowest BCUT2D eigenvalue weighted by Gasteiger charge is -2.28. The number of pyridine rings is 2. The Morgan fingerprint density at radius 3 is 2.62 bits per heavy atom. The molecule has 2 saturated heterocycles. The summed E-state index contributed by atoms with van der Waals surface area (Å²) in [6, 6.07) is 5.45. The SMILES string of the molecule is COC1(c2cc(OCC3COC3)cc(-c3cn(C(=O)OC(C)(C)C)c4cnc(NC(C)=O)cc34)n2)CCOC1. The number of anilines is 1. The minimum atomic E-state index is -0.722. The van der Waals surface area contributed by atoms with Gasteiger partial charge in [0.2, 0.25) is 5.91 Å². The monoisotopic (exact) mass is 538 g/mol. The average molecular weight is 539 g/mol. The fraction of sp³-hybridized carbons (Fsp3) is 0.500. The lowest BCUT2D eigenvalue weighted by molar-refractivity contribution is -0.114. The number of methoxy groups -OCH3 is 1. The van der Waals surface area contributed by atoms with Crippen LogP contribution in [0.3, 0.4) is 0 Å². The molecule has 0 bridgehead atoms. The molecule has 5 heterocycles. The molecular formula is C28H34N4O7. The van der Waals surface area contributed by atoms with E-state index in [1.54, 1.807) is 40.1 Å². The molecule has 1 N–H and O–H groups in total. The summed E-state index contributed by atoms with van der Waals surface area (Å²) < 4.78 is 30.2. The van der Waals surface area contributed by atoms with Gasteiger partial charge in [-0.1, -0.05) is 0 Å². The van der Waals surface area contributed by atoms with Crippen LogP contribution in [0.5, 0.6) is 5.75 Å². The number of nitrogens with one attached hydrogen (secondary N) is 1. The second-order valence-electron chi connectivity index (χ2n) is 10.9. The van der Waals surface area contributed by atoms with Crippen molar-refractivity contribution in [3.63, 3.8) is 0 Å². The van der Waals surface area contributed by atoms with Crippen molar-refractivity contribution in [2.24, 2.45) is 5.92 Å². The number of carbonyl (C=O) groups is 2. The van der Waals surface area contributed by atoms with Crippen LogP contribution in [-0.4, -0.2) is 72.3 Å². The Hall–Kier alpha value is -3.54. The molecule has 1 amide bonds. The van der Waals surface area contributed by atoms with E-state index in [1.165, 1.54) is 17.7 Å².